The molecule has 0 aromatic carbocycles. The van der Waals surface area contributed by atoms with Gasteiger partial charge in [-0.25, -0.2) is 0 Å². The highest BCUT2D eigenvalue weighted by atomic mass is 16.1. The number of carbonyl (C=O) groups excluding carboxylic acids is 1. The third-order valence-electron chi connectivity index (χ3n) is 3.65. The lowest BCUT2D eigenvalue weighted by atomic mass is 9.80. The van der Waals surface area contributed by atoms with Crippen molar-refractivity contribution in [3.8, 4) is 0 Å². The second kappa shape index (κ2) is 4.37. The fourth-order valence-electron chi connectivity index (χ4n) is 2.56. The standard InChI is InChI=1S/C12H19N3O/c1-15-7-4-10(14-15)8-11(16)12(9-13)5-2-3-6-12/h4,7H,2-3,5-6,8-9,13H2,1H3. The first-order valence-corrected chi connectivity index (χ1v) is 5.88. The van der Waals surface area contributed by atoms with Gasteiger partial charge < -0.3 is 5.73 Å². The van der Waals surface area contributed by atoms with Gasteiger partial charge in [0, 0.05) is 25.2 Å². The van der Waals surface area contributed by atoms with Crippen LogP contribution >= 0.6 is 0 Å². The Morgan fingerprint density at radius 1 is 1.56 bits per heavy atom. The number of ketones is 1. The molecule has 0 saturated heterocycles. The predicted octanol–water partition coefficient (Wildman–Crippen LogP) is 1.05. The van der Waals surface area contributed by atoms with Gasteiger partial charge in [-0.15, -0.1) is 0 Å². The van der Waals surface area contributed by atoms with Crippen LogP contribution in [0.4, 0.5) is 0 Å². The van der Waals surface area contributed by atoms with E-state index in [1.54, 1.807) is 4.68 Å². The first kappa shape index (κ1) is 11.3. The van der Waals surface area contributed by atoms with Gasteiger partial charge in [0.1, 0.15) is 5.78 Å². The number of aromatic nitrogens is 2. The van der Waals surface area contributed by atoms with Crippen LogP contribution in [0.5, 0.6) is 0 Å². The maximum atomic E-state index is 12.2. The molecule has 1 saturated carbocycles. The van der Waals surface area contributed by atoms with Gasteiger partial charge in [-0.05, 0) is 18.9 Å². The van der Waals surface area contributed by atoms with Crippen LogP contribution in [0.2, 0.25) is 0 Å². The van der Waals surface area contributed by atoms with Crippen molar-refractivity contribution in [2.24, 2.45) is 18.2 Å². The van der Waals surface area contributed by atoms with Crippen molar-refractivity contribution in [2.75, 3.05) is 6.54 Å². The fraction of sp³-hybridized carbons (Fsp3) is 0.667. The lowest BCUT2D eigenvalue weighted by Gasteiger charge is -2.24. The molecule has 2 rings (SSSR count). The second-order valence-electron chi connectivity index (χ2n) is 4.77. The van der Waals surface area contributed by atoms with Crippen molar-refractivity contribution in [3.63, 3.8) is 0 Å². The summed E-state index contributed by atoms with van der Waals surface area (Å²) in [5.74, 6) is 0.270. The maximum Gasteiger partial charge on any atom is 0.146 e. The number of carbonyl (C=O) groups is 1. The molecule has 0 amide bonds. The first-order chi connectivity index (χ1) is 7.66. The normalized spacial score (nSPS) is 18.9. The van der Waals surface area contributed by atoms with E-state index in [0.29, 0.717) is 13.0 Å². The maximum absolute atomic E-state index is 12.2. The third-order valence-corrected chi connectivity index (χ3v) is 3.65. The predicted molar refractivity (Wildman–Crippen MR) is 61.9 cm³/mol. The average molecular weight is 221 g/mol. The van der Waals surface area contributed by atoms with Gasteiger partial charge in [0.2, 0.25) is 0 Å². The van der Waals surface area contributed by atoms with Crippen molar-refractivity contribution >= 4 is 5.78 Å². The van der Waals surface area contributed by atoms with Crippen molar-refractivity contribution in [2.45, 2.75) is 32.1 Å². The van der Waals surface area contributed by atoms with E-state index in [9.17, 15) is 4.79 Å². The Kier molecular flexibility index (Phi) is 3.10. The van der Waals surface area contributed by atoms with E-state index in [1.807, 2.05) is 19.3 Å². The number of Topliss-reactive ketones (excluding diaryl/α,β-unsaturated/α-hetero) is 1. The van der Waals surface area contributed by atoms with Crippen LogP contribution in [-0.4, -0.2) is 22.1 Å². The van der Waals surface area contributed by atoms with E-state index in [1.165, 1.54) is 0 Å². The molecular weight excluding hydrogens is 202 g/mol. The molecule has 2 N–H and O–H groups in total. The summed E-state index contributed by atoms with van der Waals surface area (Å²) >= 11 is 0. The first-order valence-electron chi connectivity index (χ1n) is 5.88. The Morgan fingerprint density at radius 3 is 2.75 bits per heavy atom. The summed E-state index contributed by atoms with van der Waals surface area (Å²) in [4.78, 5) is 12.2. The topological polar surface area (TPSA) is 60.9 Å². The molecule has 1 heterocycles. The molecule has 1 fully saturated rings. The van der Waals surface area contributed by atoms with E-state index in [0.717, 1.165) is 31.4 Å². The molecule has 0 aliphatic heterocycles. The van der Waals surface area contributed by atoms with Crippen molar-refractivity contribution < 1.29 is 4.79 Å². The quantitative estimate of drug-likeness (QED) is 0.826. The van der Waals surface area contributed by atoms with Gasteiger partial charge in [0.15, 0.2) is 0 Å². The molecule has 0 radical (unpaired) electrons. The Balaban J connectivity index is 2.07. The summed E-state index contributed by atoms with van der Waals surface area (Å²) < 4.78 is 1.73. The largest absolute Gasteiger partial charge is 0.329 e. The number of nitrogens with two attached hydrogens (primary N) is 1. The molecule has 4 heteroatoms. The van der Waals surface area contributed by atoms with Crippen LogP contribution in [0.15, 0.2) is 12.3 Å². The molecule has 1 aromatic heterocycles. The van der Waals surface area contributed by atoms with Crippen molar-refractivity contribution in [3.05, 3.63) is 18.0 Å². The molecule has 0 bridgehead atoms. The van der Waals surface area contributed by atoms with Crippen LogP contribution in [0, 0.1) is 5.41 Å². The van der Waals surface area contributed by atoms with E-state index in [4.69, 9.17) is 5.73 Å². The van der Waals surface area contributed by atoms with Crippen LogP contribution < -0.4 is 5.73 Å². The minimum Gasteiger partial charge on any atom is -0.329 e. The minimum atomic E-state index is -0.252. The summed E-state index contributed by atoms with van der Waals surface area (Å²) in [5, 5.41) is 4.24. The van der Waals surface area contributed by atoms with Gasteiger partial charge in [0.05, 0.1) is 12.1 Å². The van der Waals surface area contributed by atoms with Crippen molar-refractivity contribution in [1.29, 1.82) is 0 Å². The van der Waals surface area contributed by atoms with E-state index in [-0.39, 0.29) is 11.2 Å². The Labute approximate surface area is 95.8 Å². The lowest BCUT2D eigenvalue weighted by Crippen LogP contribution is -2.37. The summed E-state index contributed by atoms with van der Waals surface area (Å²) in [7, 11) is 1.86. The van der Waals surface area contributed by atoms with Crippen LogP contribution in [0.1, 0.15) is 31.4 Å². The lowest BCUT2D eigenvalue weighted by molar-refractivity contribution is -0.127. The molecule has 4 nitrogen and oxygen atoms in total. The molecule has 1 aliphatic rings. The van der Waals surface area contributed by atoms with Crippen LogP contribution in [0.25, 0.3) is 0 Å². The monoisotopic (exact) mass is 221 g/mol. The van der Waals surface area contributed by atoms with Gasteiger partial charge in [-0.3, -0.25) is 9.48 Å². The molecule has 88 valence electrons. The zero-order valence-electron chi connectivity index (χ0n) is 9.78. The average Bonchev–Trinajstić information content (AvgIpc) is 2.88. The second-order valence-corrected chi connectivity index (χ2v) is 4.77. The number of hydrogen-bond acceptors (Lipinski definition) is 3. The van der Waals surface area contributed by atoms with E-state index in [2.05, 4.69) is 5.10 Å². The number of nitrogens with zero attached hydrogens (tertiary/aromatic N) is 2. The Hall–Kier alpha value is -1.16. The van der Waals surface area contributed by atoms with Gasteiger partial charge in [-0.1, -0.05) is 12.8 Å². The molecule has 0 spiro atoms. The number of rotatable bonds is 4. The molecule has 16 heavy (non-hydrogen) atoms. The van der Waals surface area contributed by atoms with E-state index >= 15 is 0 Å². The van der Waals surface area contributed by atoms with Crippen LogP contribution in [0.3, 0.4) is 0 Å². The smallest absolute Gasteiger partial charge is 0.146 e. The van der Waals surface area contributed by atoms with Crippen LogP contribution in [-0.2, 0) is 18.3 Å². The molecular formula is C12H19N3O. The molecule has 1 aliphatic carbocycles. The number of aryl methyl sites for hydroxylation is 1. The zero-order valence-corrected chi connectivity index (χ0v) is 9.78. The van der Waals surface area contributed by atoms with E-state index < -0.39 is 0 Å². The zero-order chi connectivity index (χ0) is 11.6. The highest BCUT2D eigenvalue weighted by Gasteiger charge is 2.39. The van der Waals surface area contributed by atoms with Gasteiger partial charge in [-0.2, -0.15) is 5.10 Å². The summed E-state index contributed by atoms with van der Waals surface area (Å²) in [6, 6.07) is 1.90. The Morgan fingerprint density at radius 2 is 2.25 bits per heavy atom. The highest BCUT2D eigenvalue weighted by molar-refractivity contribution is 5.87. The Bertz CT molecular complexity index is 377. The third kappa shape index (κ3) is 2.02. The summed E-state index contributed by atoms with van der Waals surface area (Å²) in [6.07, 6.45) is 6.46. The summed E-state index contributed by atoms with van der Waals surface area (Å²) in [6.45, 7) is 0.485. The minimum absolute atomic E-state index is 0.252. The summed E-state index contributed by atoms with van der Waals surface area (Å²) in [5.41, 5.74) is 6.38. The number of hydrogen-bond donors (Lipinski definition) is 1. The highest BCUT2D eigenvalue weighted by Crippen LogP contribution is 2.38. The molecule has 1 aromatic rings. The molecule has 0 unspecified atom stereocenters. The van der Waals surface area contributed by atoms with Gasteiger partial charge >= 0.3 is 0 Å². The van der Waals surface area contributed by atoms with Crippen molar-refractivity contribution in [1.82, 2.24) is 9.78 Å². The molecule has 0 atom stereocenters. The fourth-order valence-corrected chi connectivity index (χ4v) is 2.56. The SMILES string of the molecule is Cn1ccc(CC(=O)C2(CN)CCCC2)n1. The van der Waals surface area contributed by atoms with Gasteiger partial charge in [0.25, 0.3) is 0 Å².